The monoisotopic (exact) mass is 305 g/mol. The second kappa shape index (κ2) is 7.65. The van der Waals surface area contributed by atoms with Gasteiger partial charge in [0.05, 0.1) is 19.1 Å². The summed E-state index contributed by atoms with van der Waals surface area (Å²) in [6, 6.07) is 12.7. The van der Waals surface area contributed by atoms with Gasteiger partial charge < -0.3 is 4.74 Å². The summed E-state index contributed by atoms with van der Waals surface area (Å²) in [5.74, 6) is 0.326. The van der Waals surface area contributed by atoms with Crippen LogP contribution in [0.3, 0.4) is 0 Å². The van der Waals surface area contributed by atoms with Crippen molar-refractivity contribution in [3.05, 3.63) is 59.7 Å². The quantitative estimate of drug-likeness (QED) is 0.592. The first kappa shape index (κ1) is 15.3. The average Bonchev–Trinajstić information content (AvgIpc) is 2.49. The topological polar surface area (TPSA) is 33.0 Å². The fourth-order valence-corrected chi connectivity index (χ4v) is 2.48. The van der Waals surface area contributed by atoms with E-state index < -0.39 is 11.6 Å². The Balaban J connectivity index is 1.79. The van der Waals surface area contributed by atoms with E-state index in [4.69, 9.17) is 10.00 Å². The van der Waals surface area contributed by atoms with Crippen LogP contribution in [0.15, 0.2) is 47.4 Å². The molecule has 0 atom stereocenters. The molecule has 0 saturated heterocycles. The fraction of sp³-hybridized carbons (Fsp3) is 0.188. The van der Waals surface area contributed by atoms with Crippen LogP contribution in [0, 0.1) is 23.0 Å². The summed E-state index contributed by atoms with van der Waals surface area (Å²) in [4.78, 5) is 0.281. The third kappa shape index (κ3) is 4.76. The molecule has 21 heavy (non-hydrogen) atoms. The van der Waals surface area contributed by atoms with Crippen molar-refractivity contribution >= 4 is 11.8 Å². The van der Waals surface area contributed by atoms with Gasteiger partial charge in [0.1, 0.15) is 17.4 Å². The van der Waals surface area contributed by atoms with Crippen molar-refractivity contribution in [2.75, 3.05) is 12.4 Å². The highest BCUT2D eigenvalue weighted by molar-refractivity contribution is 7.99. The van der Waals surface area contributed by atoms with E-state index in [0.29, 0.717) is 24.5 Å². The number of nitrogens with zero attached hydrogens (tertiary/aromatic N) is 1. The molecule has 0 unspecified atom stereocenters. The molecule has 0 radical (unpaired) electrons. The Bertz CT molecular complexity index is 638. The largest absolute Gasteiger partial charge is 0.493 e. The Hall–Kier alpha value is -2.06. The fourth-order valence-electron chi connectivity index (χ4n) is 1.69. The van der Waals surface area contributed by atoms with Crippen molar-refractivity contribution in [3.63, 3.8) is 0 Å². The minimum Gasteiger partial charge on any atom is -0.493 e. The van der Waals surface area contributed by atoms with E-state index >= 15 is 0 Å². The zero-order chi connectivity index (χ0) is 15.1. The molecule has 2 rings (SSSR count). The summed E-state index contributed by atoms with van der Waals surface area (Å²) in [5.41, 5.74) is 0.932. The van der Waals surface area contributed by atoms with Crippen molar-refractivity contribution in [1.82, 2.24) is 0 Å². The molecule has 0 saturated carbocycles. The molecule has 108 valence electrons. The molecule has 0 spiro atoms. The summed E-state index contributed by atoms with van der Waals surface area (Å²) in [6.45, 7) is 0.387. The summed E-state index contributed by atoms with van der Waals surface area (Å²) in [7, 11) is 0. The van der Waals surface area contributed by atoms with Crippen molar-refractivity contribution < 1.29 is 13.5 Å². The van der Waals surface area contributed by atoms with Gasteiger partial charge in [-0.05, 0) is 35.9 Å². The molecule has 0 aromatic heterocycles. The van der Waals surface area contributed by atoms with E-state index in [-0.39, 0.29) is 4.90 Å². The molecule has 0 N–H and O–H groups in total. The van der Waals surface area contributed by atoms with Crippen molar-refractivity contribution in [1.29, 1.82) is 5.26 Å². The molecule has 2 nitrogen and oxygen atoms in total. The number of hydrogen-bond donors (Lipinski definition) is 0. The minimum absolute atomic E-state index is 0.281. The summed E-state index contributed by atoms with van der Waals surface area (Å²) in [5, 5.41) is 8.57. The van der Waals surface area contributed by atoms with Gasteiger partial charge in [0.2, 0.25) is 0 Å². The Morgan fingerprint density at radius 2 is 1.86 bits per heavy atom. The van der Waals surface area contributed by atoms with Crippen LogP contribution >= 0.6 is 11.8 Å². The van der Waals surface area contributed by atoms with Gasteiger partial charge in [-0.2, -0.15) is 5.26 Å². The second-order valence-electron chi connectivity index (χ2n) is 4.25. The summed E-state index contributed by atoms with van der Waals surface area (Å²) < 4.78 is 31.9. The number of halogens is 2. The summed E-state index contributed by atoms with van der Waals surface area (Å²) in [6.07, 6.45) is 0.370. The molecule has 2 aromatic carbocycles. The Labute approximate surface area is 126 Å². The van der Waals surface area contributed by atoms with Crippen LogP contribution < -0.4 is 4.74 Å². The summed E-state index contributed by atoms with van der Waals surface area (Å²) >= 11 is 1.21. The van der Waals surface area contributed by atoms with Crippen LogP contribution in [0.1, 0.15) is 5.56 Å². The minimum atomic E-state index is -0.451. The van der Waals surface area contributed by atoms with Gasteiger partial charge in [0.25, 0.3) is 0 Å². The molecule has 0 heterocycles. The maximum absolute atomic E-state index is 13.4. The molecule has 0 fully saturated rings. The van der Waals surface area contributed by atoms with Gasteiger partial charge in [-0.15, -0.1) is 11.8 Å². The Morgan fingerprint density at radius 1 is 1.10 bits per heavy atom. The smallest absolute Gasteiger partial charge is 0.136 e. The van der Waals surface area contributed by atoms with Gasteiger partial charge in [-0.3, -0.25) is 0 Å². The molecule has 0 amide bonds. The van der Waals surface area contributed by atoms with Gasteiger partial charge in [0.15, 0.2) is 0 Å². The molecular weight excluding hydrogens is 292 g/mol. The van der Waals surface area contributed by atoms with E-state index in [9.17, 15) is 8.78 Å². The maximum Gasteiger partial charge on any atom is 0.136 e. The molecule has 0 aliphatic heterocycles. The first-order valence-corrected chi connectivity index (χ1v) is 7.34. The zero-order valence-electron chi connectivity index (χ0n) is 11.2. The molecule has 2 aromatic rings. The highest BCUT2D eigenvalue weighted by atomic mass is 32.2. The van der Waals surface area contributed by atoms with E-state index in [1.165, 1.54) is 17.8 Å². The number of nitriles is 1. The highest BCUT2D eigenvalue weighted by Gasteiger charge is 2.04. The zero-order valence-corrected chi connectivity index (χ0v) is 12.0. The standard InChI is InChI=1S/C16H13F2NOS/c17-13-3-6-15(18)16(11-13)21-10-9-20-14-4-1-12(2-5-14)7-8-19/h1-6,11H,7,9-10H2. The predicted octanol–water partition coefficient (Wildman–Crippen LogP) is 4.20. The Morgan fingerprint density at radius 3 is 2.57 bits per heavy atom. The lowest BCUT2D eigenvalue weighted by Crippen LogP contribution is -2.00. The van der Waals surface area contributed by atoms with Gasteiger partial charge in [0, 0.05) is 10.6 Å². The van der Waals surface area contributed by atoms with E-state index in [1.807, 2.05) is 12.1 Å². The highest BCUT2D eigenvalue weighted by Crippen LogP contribution is 2.22. The van der Waals surface area contributed by atoms with Gasteiger partial charge in [-0.1, -0.05) is 12.1 Å². The third-order valence-corrected chi connectivity index (χ3v) is 3.70. The lowest BCUT2D eigenvalue weighted by molar-refractivity contribution is 0.344. The van der Waals surface area contributed by atoms with E-state index in [2.05, 4.69) is 6.07 Å². The second-order valence-corrected chi connectivity index (χ2v) is 5.39. The molecule has 0 bridgehead atoms. The van der Waals surface area contributed by atoms with E-state index in [1.54, 1.807) is 12.1 Å². The average molecular weight is 305 g/mol. The normalized spacial score (nSPS) is 10.1. The number of ether oxygens (including phenoxy) is 1. The van der Waals surface area contributed by atoms with Crippen LogP contribution in [0.4, 0.5) is 8.78 Å². The van der Waals surface area contributed by atoms with E-state index in [0.717, 1.165) is 17.7 Å². The van der Waals surface area contributed by atoms with Crippen molar-refractivity contribution in [3.8, 4) is 11.8 Å². The molecule has 0 aliphatic rings. The number of thioether (sulfide) groups is 1. The van der Waals surface area contributed by atoms with Gasteiger partial charge >= 0.3 is 0 Å². The number of benzene rings is 2. The molecule has 0 aliphatic carbocycles. The van der Waals surface area contributed by atoms with Crippen LogP contribution in [0.5, 0.6) is 5.75 Å². The first-order valence-electron chi connectivity index (χ1n) is 6.35. The first-order chi connectivity index (χ1) is 10.2. The lowest BCUT2D eigenvalue weighted by atomic mass is 10.2. The predicted molar refractivity (Wildman–Crippen MR) is 78.3 cm³/mol. The Kier molecular flexibility index (Phi) is 5.59. The van der Waals surface area contributed by atoms with Crippen LogP contribution in [0.25, 0.3) is 0 Å². The molecule has 5 heteroatoms. The SMILES string of the molecule is N#CCc1ccc(OCCSc2cc(F)ccc2F)cc1. The molecular formula is C16H13F2NOS. The van der Waals surface area contributed by atoms with Crippen molar-refractivity contribution in [2.24, 2.45) is 0 Å². The maximum atomic E-state index is 13.4. The van der Waals surface area contributed by atoms with Crippen LogP contribution in [0.2, 0.25) is 0 Å². The van der Waals surface area contributed by atoms with Crippen LogP contribution in [-0.4, -0.2) is 12.4 Å². The van der Waals surface area contributed by atoms with Crippen LogP contribution in [-0.2, 0) is 6.42 Å². The lowest BCUT2D eigenvalue weighted by Gasteiger charge is -2.07. The van der Waals surface area contributed by atoms with Crippen molar-refractivity contribution in [2.45, 2.75) is 11.3 Å². The number of hydrogen-bond acceptors (Lipinski definition) is 3. The van der Waals surface area contributed by atoms with Gasteiger partial charge in [-0.25, -0.2) is 8.78 Å². The number of rotatable bonds is 6. The third-order valence-electron chi connectivity index (χ3n) is 2.71.